The summed E-state index contributed by atoms with van der Waals surface area (Å²) >= 11 is 0. The summed E-state index contributed by atoms with van der Waals surface area (Å²) in [6.45, 7) is 0.779. The van der Waals surface area contributed by atoms with Crippen LogP contribution in [0.1, 0.15) is 5.56 Å². The average Bonchev–Trinajstić information content (AvgIpc) is 2.21. The van der Waals surface area contributed by atoms with Crippen molar-refractivity contribution < 1.29 is 4.84 Å². The fraction of sp³-hybridized carbons (Fsp3) is 0.0909. The quantitative estimate of drug-likeness (QED) is 0.681. The Labute approximate surface area is 77.7 Å². The van der Waals surface area contributed by atoms with Gasteiger partial charge in [-0.2, -0.15) is 0 Å². The lowest BCUT2D eigenvalue weighted by molar-refractivity contribution is -0.0673. The van der Waals surface area contributed by atoms with Crippen molar-refractivity contribution in [2.24, 2.45) is 0 Å². The van der Waals surface area contributed by atoms with Crippen LogP contribution in [-0.4, -0.2) is 5.06 Å². The molecule has 0 saturated heterocycles. The van der Waals surface area contributed by atoms with Crippen LogP contribution in [0, 0.1) is 0 Å². The zero-order valence-corrected chi connectivity index (χ0v) is 7.26. The van der Waals surface area contributed by atoms with Crippen molar-refractivity contribution in [1.82, 2.24) is 5.06 Å². The van der Waals surface area contributed by atoms with Crippen LogP contribution in [0.4, 0.5) is 0 Å². The smallest absolute Gasteiger partial charge is 0.119 e. The fourth-order valence-electron chi connectivity index (χ4n) is 1.19. The van der Waals surface area contributed by atoms with E-state index in [0.717, 1.165) is 6.54 Å². The molecule has 13 heavy (non-hydrogen) atoms. The summed E-state index contributed by atoms with van der Waals surface area (Å²) in [4.78, 5) is 5.25. The molecule has 0 radical (unpaired) electrons. The maximum Gasteiger partial charge on any atom is 0.119 e. The van der Waals surface area contributed by atoms with E-state index in [1.165, 1.54) is 5.56 Å². The summed E-state index contributed by atoms with van der Waals surface area (Å²) < 4.78 is 0. The van der Waals surface area contributed by atoms with Gasteiger partial charge in [-0.3, -0.25) is 0 Å². The Hall–Kier alpha value is -1.70. The van der Waals surface area contributed by atoms with E-state index in [1.807, 2.05) is 36.6 Å². The number of hydrogen-bond acceptors (Lipinski definition) is 2. The molecular weight excluding hydrogens is 162 g/mol. The second-order valence-electron chi connectivity index (χ2n) is 2.84. The van der Waals surface area contributed by atoms with Crippen LogP contribution in [0.5, 0.6) is 0 Å². The van der Waals surface area contributed by atoms with Crippen LogP contribution in [0.2, 0.25) is 0 Å². The Bertz CT molecular complexity index is 316. The molecule has 0 bridgehead atoms. The maximum atomic E-state index is 5.25. The summed E-state index contributed by atoms with van der Waals surface area (Å²) in [5, 5.41) is 1.79. The molecule has 0 unspecified atom stereocenters. The first-order valence-electron chi connectivity index (χ1n) is 4.26. The molecule has 2 rings (SSSR count). The van der Waals surface area contributed by atoms with Gasteiger partial charge in [0.15, 0.2) is 0 Å². The Balaban J connectivity index is 1.99. The second-order valence-corrected chi connectivity index (χ2v) is 2.84. The maximum absolute atomic E-state index is 5.25. The Kier molecular flexibility index (Phi) is 2.32. The predicted molar refractivity (Wildman–Crippen MR) is 51.4 cm³/mol. The minimum atomic E-state index is 0.779. The molecule has 2 nitrogen and oxygen atoms in total. The van der Waals surface area contributed by atoms with E-state index >= 15 is 0 Å². The van der Waals surface area contributed by atoms with Crippen molar-refractivity contribution in [3.05, 3.63) is 60.5 Å². The third-order valence-electron chi connectivity index (χ3n) is 1.82. The van der Waals surface area contributed by atoms with E-state index in [-0.39, 0.29) is 0 Å². The molecule has 0 amide bonds. The first-order chi connectivity index (χ1) is 6.45. The zero-order chi connectivity index (χ0) is 8.93. The first kappa shape index (κ1) is 7.92. The zero-order valence-electron chi connectivity index (χ0n) is 7.26. The second kappa shape index (κ2) is 3.81. The van der Waals surface area contributed by atoms with Crippen molar-refractivity contribution in [2.75, 3.05) is 0 Å². The molecule has 0 N–H and O–H groups in total. The van der Waals surface area contributed by atoms with Gasteiger partial charge in [0.25, 0.3) is 0 Å². The molecule has 0 fully saturated rings. The molecule has 1 aliphatic rings. The van der Waals surface area contributed by atoms with Gasteiger partial charge in [0, 0.05) is 6.20 Å². The minimum Gasteiger partial charge on any atom is -0.388 e. The van der Waals surface area contributed by atoms with Gasteiger partial charge in [-0.15, -0.1) is 0 Å². The van der Waals surface area contributed by atoms with Crippen LogP contribution in [-0.2, 0) is 11.4 Å². The van der Waals surface area contributed by atoms with Crippen molar-refractivity contribution in [1.29, 1.82) is 0 Å². The van der Waals surface area contributed by atoms with E-state index in [9.17, 15) is 0 Å². The van der Waals surface area contributed by atoms with Gasteiger partial charge in [0.2, 0.25) is 0 Å². The summed E-state index contributed by atoms with van der Waals surface area (Å²) in [5.41, 5.74) is 1.24. The molecule has 66 valence electrons. The van der Waals surface area contributed by atoms with Crippen LogP contribution >= 0.6 is 0 Å². The molecule has 1 heterocycles. The number of nitrogens with zero attached hydrogens (tertiary/aromatic N) is 1. The van der Waals surface area contributed by atoms with Crippen molar-refractivity contribution in [3.8, 4) is 0 Å². The first-order valence-corrected chi connectivity index (χ1v) is 4.26. The van der Waals surface area contributed by atoms with Crippen LogP contribution < -0.4 is 0 Å². The number of rotatable bonds is 2. The molecule has 0 spiro atoms. The number of allylic oxidation sites excluding steroid dienone is 2. The standard InChI is InChI=1S/C11H11NO/c1-2-6-11(7-3-1)10-12-8-4-5-9-13-12/h1-9H,10H2. The summed E-state index contributed by atoms with van der Waals surface area (Å²) in [6, 6.07) is 10.2. The molecule has 2 heteroatoms. The van der Waals surface area contributed by atoms with E-state index in [4.69, 9.17) is 4.84 Å². The highest BCUT2D eigenvalue weighted by atomic mass is 16.7. The number of hydroxylamine groups is 2. The molecule has 0 aliphatic carbocycles. The third kappa shape index (κ3) is 2.12. The van der Waals surface area contributed by atoms with Gasteiger partial charge in [0.1, 0.15) is 6.26 Å². The van der Waals surface area contributed by atoms with Crippen LogP contribution in [0.25, 0.3) is 0 Å². The lowest BCUT2D eigenvalue weighted by Crippen LogP contribution is -2.15. The Morgan fingerprint density at radius 2 is 1.92 bits per heavy atom. The predicted octanol–water partition coefficient (Wildman–Crippen LogP) is 2.46. The molecule has 1 aliphatic heterocycles. The van der Waals surface area contributed by atoms with Crippen molar-refractivity contribution in [3.63, 3.8) is 0 Å². The van der Waals surface area contributed by atoms with E-state index in [1.54, 1.807) is 11.3 Å². The molecule has 1 aromatic rings. The largest absolute Gasteiger partial charge is 0.388 e. The monoisotopic (exact) mass is 173 g/mol. The lowest BCUT2D eigenvalue weighted by atomic mass is 10.2. The van der Waals surface area contributed by atoms with E-state index in [0.29, 0.717) is 0 Å². The SMILES string of the molecule is C1=CON(Cc2ccccc2)C=C1. The normalized spacial score (nSPS) is 14.3. The third-order valence-corrected chi connectivity index (χ3v) is 1.82. The van der Waals surface area contributed by atoms with Crippen LogP contribution in [0.15, 0.2) is 54.9 Å². The highest BCUT2D eigenvalue weighted by Gasteiger charge is 2.00. The number of benzene rings is 1. The van der Waals surface area contributed by atoms with E-state index < -0.39 is 0 Å². The lowest BCUT2D eigenvalue weighted by Gasteiger charge is -2.19. The molecule has 1 aromatic carbocycles. The fourth-order valence-corrected chi connectivity index (χ4v) is 1.19. The van der Waals surface area contributed by atoms with Gasteiger partial charge >= 0.3 is 0 Å². The van der Waals surface area contributed by atoms with Crippen molar-refractivity contribution in [2.45, 2.75) is 6.54 Å². The molecule has 0 aromatic heterocycles. The van der Waals surface area contributed by atoms with Gasteiger partial charge in [-0.25, -0.2) is 5.06 Å². The number of hydrogen-bond donors (Lipinski definition) is 0. The highest BCUT2D eigenvalue weighted by Crippen LogP contribution is 2.07. The Morgan fingerprint density at radius 3 is 2.62 bits per heavy atom. The summed E-state index contributed by atoms with van der Waals surface area (Å²) in [6.07, 6.45) is 7.39. The average molecular weight is 173 g/mol. The highest BCUT2D eigenvalue weighted by molar-refractivity contribution is 5.15. The topological polar surface area (TPSA) is 12.5 Å². The molecule has 0 atom stereocenters. The minimum absolute atomic E-state index is 0.779. The van der Waals surface area contributed by atoms with Gasteiger partial charge in [-0.1, -0.05) is 30.3 Å². The van der Waals surface area contributed by atoms with Gasteiger partial charge in [-0.05, 0) is 17.7 Å². The summed E-state index contributed by atoms with van der Waals surface area (Å²) in [7, 11) is 0. The molecular formula is C11H11NO. The van der Waals surface area contributed by atoms with E-state index in [2.05, 4.69) is 12.1 Å². The van der Waals surface area contributed by atoms with Gasteiger partial charge in [0.05, 0.1) is 6.54 Å². The van der Waals surface area contributed by atoms with Gasteiger partial charge < -0.3 is 4.84 Å². The summed E-state index contributed by atoms with van der Waals surface area (Å²) in [5.74, 6) is 0. The molecule has 0 saturated carbocycles. The van der Waals surface area contributed by atoms with Crippen molar-refractivity contribution >= 4 is 0 Å². The Morgan fingerprint density at radius 1 is 1.08 bits per heavy atom. The van der Waals surface area contributed by atoms with Crippen LogP contribution in [0.3, 0.4) is 0 Å².